The van der Waals surface area contributed by atoms with Gasteiger partial charge in [-0.15, -0.1) is 10.2 Å². The number of hydrogen-bond acceptors (Lipinski definition) is 5. The molecule has 0 aliphatic carbocycles. The van der Waals surface area contributed by atoms with E-state index in [1.165, 1.54) is 5.56 Å². The summed E-state index contributed by atoms with van der Waals surface area (Å²) in [6.07, 6.45) is 4.76. The number of aromatic nitrogens is 5. The van der Waals surface area contributed by atoms with E-state index in [1.54, 1.807) is 18.9 Å². The molecule has 3 heterocycles. The third kappa shape index (κ3) is 4.89. The molecule has 0 N–H and O–H groups in total. The second kappa shape index (κ2) is 9.68. The van der Waals surface area contributed by atoms with Gasteiger partial charge < -0.3 is 13.7 Å². The Bertz CT molecular complexity index is 1370. The normalized spacial score (nSPS) is 11.2. The first kappa shape index (κ1) is 21.6. The number of thioether (sulfide) groups is 1. The predicted molar refractivity (Wildman–Crippen MR) is 132 cm³/mol. The fraction of sp³-hybridized carbons (Fsp3) is 0.160. The van der Waals surface area contributed by atoms with Gasteiger partial charge in [-0.25, -0.2) is 4.98 Å². The maximum Gasteiger partial charge on any atom is 0.191 e. The Labute approximate surface area is 201 Å². The third-order valence-electron chi connectivity index (χ3n) is 5.35. The van der Waals surface area contributed by atoms with Crippen molar-refractivity contribution in [1.29, 1.82) is 0 Å². The van der Waals surface area contributed by atoms with Crippen molar-refractivity contribution in [2.45, 2.75) is 23.9 Å². The van der Waals surface area contributed by atoms with Crippen LogP contribution in [0, 0.1) is 0 Å². The molecule has 0 amide bonds. The van der Waals surface area contributed by atoms with Crippen molar-refractivity contribution in [3.63, 3.8) is 0 Å². The van der Waals surface area contributed by atoms with Crippen LogP contribution in [-0.2, 0) is 18.7 Å². The van der Waals surface area contributed by atoms with E-state index >= 15 is 0 Å². The van der Waals surface area contributed by atoms with E-state index in [4.69, 9.17) is 16.3 Å². The van der Waals surface area contributed by atoms with Crippen molar-refractivity contribution < 1.29 is 4.74 Å². The Hall–Kier alpha value is -3.29. The fourth-order valence-corrected chi connectivity index (χ4v) is 4.68. The Morgan fingerprint density at radius 1 is 0.939 bits per heavy atom. The molecule has 0 fully saturated rings. The van der Waals surface area contributed by atoms with E-state index in [9.17, 15) is 0 Å². The number of halogens is 1. The fourth-order valence-electron chi connectivity index (χ4n) is 3.66. The number of methoxy groups -OCH3 is 1. The van der Waals surface area contributed by atoms with Gasteiger partial charge in [-0.1, -0.05) is 53.7 Å². The highest BCUT2D eigenvalue weighted by Gasteiger charge is 2.15. The molecule has 33 heavy (non-hydrogen) atoms. The molecular weight excluding hydrogens is 454 g/mol. The zero-order valence-electron chi connectivity index (χ0n) is 18.1. The third-order valence-corrected chi connectivity index (χ3v) is 6.57. The molecule has 8 heteroatoms. The standard InChI is InChI=1S/C25H22ClN5OS/c1-32-22-10-7-19(8-11-22)24-28-29-25(31(24)14-13-18-5-3-2-4-6-18)33-17-21-16-30-15-20(26)9-12-23(30)27-21/h2-12,15-16H,13-14,17H2,1H3. The molecule has 0 saturated heterocycles. The summed E-state index contributed by atoms with van der Waals surface area (Å²) >= 11 is 7.74. The van der Waals surface area contributed by atoms with Gasteiger partial charge in [-0.2, -0.15) is 0 Å². The summed E-state index contributed by atoms with van der Waals surface area (Å²) in [6, 6.07) is 22.1. The van der Waals surface area contributed by atoms with Gasteiger partial charge in [0.25, 0.3) is 0 Å². The summed E-state index contributed by atoms with van der Waals surface area (Å²) < 4.78 is 9.43. The number of benzene rings is 2. The van der Waals surface area contributed by atoms with Gasteiger partial charge >= 0.3 is 0 Å². The number of hydrogen-bond donors (Lipinski definition) is 0. The van der Waals surface area contributed by atoms with Crippen molar-refractivity contribution in [1.82, 2.24) is 24.1 Å². The molecule has 5 aromatic rings. The van der Waals surface area contributed by atoms with Crippen LogP contribution in [0.25, 0.3) is 17.0 Å². The van der Waals surface area contributed by atoms with Crippen molar-refractivity contribution in [3.05, 3.63) is 95.4 Å². The number of ether oxygens (including phenoxy) is 1. The highest BCUT2D eigenvalue weighted by molar-refractivity contribution is 7.98. The number of rotatable bonds is 8. The predicted octanol–water partition coefficient (Wildman–Crippen LogP) is 5.79. The summed E-state index contributed by atoms with van der Waals surface area (Å²) in [7, 11) is 1.67. The van der Waals surface area contributed by atoms with Gasteiger partial charge in [0, 0.05) is 30.3 Å². The molecule has 6 nitrogen and oxygen atoms in total. The average molecular weight is 476 g/mol. The van der Waals surface area contributed by atoms with Crippen LogP contribution in [0.5, 0.6) is 5.75 Å². The lowest BCUT2D eigenvalue weighted by Gasteiger charge is -2.10. The van der Waals surface area contributed by atoms with Gasteiger partial charge in [-0.3, -0.25) is 0 Å². The Morgan fingerprint density at radius 3 is 2.55 bits per heavy atom. The quantitative estimate of drug-likeness (QED) is 0.266. The first-order valence-electron chi connectivity index (χ1n) is 10.6. The number of nitrogens with zero attached hydrogens (tertiary/aromatic N) is 5. The van der Waals surface area contributed by atoms with Crippen LogP contribution in [0.4, 0.5) is 0 Å². The van der Waals surface area contributed by atoms with Crippen molar-refractivity contribution in [2.24, 2.45) is 0 Å². The summed E-state index contributed by atoms with van der Waals surface area (Å²) in [4.78, 5) is 4.69. The molecule has 0 radical (unpaired) electrons. The second-order valence-electron chi connectivity index (χ2n) is 7.56. The Balaban J connectivity index is 1.41. The lowest BCUT2D eigenvalue weighted by Crippen LogP contribution is -2.05. The number of fused-ring (bicyclic) bond motifs is 1. The van der Waals surface area contributed by atoms with Crippen LogP contribution < -0.4 is 4.74 Å². The minimum absolute atomic E-state index is 0.684. The largest absolute Gasteiger partial charge is 0.497 e. The maximum atomic E-state index is 6.10. The van der Waals surface area contributed by atoms with Crippen LogP contribution in [0.1, 0.15) is 11.3 Å². The van der Waals surface area contributed by atoms with E-state index in [0.29, 0.717) is 10.8 Å². The van der Waals surface area contributed by atoms with Crippen molar-refractivity contribution in [2.75, 3.05) is 7.11 Å². The molecule has 166 valence electrons. The van der Waals surface area contributed by atoms with Crippen LogP contribution >= 0.6 is 23.4 Å². The van der Waals surface area contributed by atoms with Crippen molar-refractivity contribution in [3.8, 4) is 17.1 Å². The molecule has 0 aliphatic rings. The molecule has 5 rings (SSSR count). The van der Waals surface area contributed by atoms with Gasteiger partial charge in [0.2, 0.25) is 0 Å². The number of imidazole rings is 1. The first-order valence-corrected chi connectivity index (χ1v) is 11.9. The molecular formula is C25H22ClN5OS. The zero-order chi connectivity index (χ0) is 22.6. The van der Waals surface area contributed by atoms with Gasteiger partial charge in [-0.05, 0) is 48.4 Å². The van der Waals surface area contributed by atoms with Crippen molar-refractivity contribution >= 4 is 29.0 Å². The smallest absolute Gasteiger partial charge is 0.191 e. The summed E-state index contributed by atoms with van der Waals surface area (Å²) in [5.74, 6) is 2.35. The van der Waals surface area contributed by atoms with E-state index in [-0.39, 0.29) is 0 Å². The number of pyridine rings is 1. The molecule has 0 unspecified atom stereocenters. The SMILES string of the molecule is COc1ccc(-c2nnc(SCc3cn4cc(Cl)ccc4n3)n2CCc2ccccc2)cc1. The minimum atomic E-state index is 0.684. The Morgan fingerprint density at radius 2 is 1.76 bits per heavy atom. The van der Waals surface area contributed by atoms with Gasteiger partial charge in [0.15, 0.2) is 11.0 Å². The molecule has 0 saturated carbocycles. The van der Waals surface area contributed by atoms with E-state index in [1.807, 2.05) is 59.3 Å². The topological polar surface area (TPSA) is 57.2 Å². The Kier molecular flexibility index (Phi) is 6.32. The first-order chi connectivity index (χ1) is 16.2. The summed E-state index contributed by atoms with van der Waals surface area (Å²) in [5, 5.41) is 10.6. The minimum Gasteiger partial charge on any atom is -0.497 e. The molecule has 0 atom stereocenters. The lowest BCUT2D eigenvalue weighted by molar-refractivity contribution is 0.415. The molecule has 0 bridgehead atoms. The average Bonchev–Trinajstić information content (AvgIpc) is 3.45. The van der Waals surface area contributed by atoms with Gasteiger partial charge in [0.05, 0.1) is 17.8 Å². The summed E-state index contributed by atoms with van der Waals surface area (Å²) in [6.45, 7) is 0.779. The van der Waals surface area contributed by atoms with E-state index in [2.05, 4.69) is 44.0 Å². The van der Waals surface area contributed by atoms with Gasteiger partial charge in [0.1, 0.15) is 11.4 Å². The lowest BCUT2D eigenvalue weighted by atomic mass is 10.1. The monoisotopic (exact) mass is 475 g/mol. The summed E-state index contributed by atoms with van der Waals surface area (Å²) in [5.41, 5.74) is 4.12. The highest BCUT2D eigenvalue weighted by Crippen LogP contribution is 2.28. The van der Waals surface area contributed by atoms with E-state index in [0.717, 1.165) is 46.6 Å². The second-order valence-corrected chi connectivity index (χ2v) is 8.93. The molecule has 2 aromatic carbocycles. The van der Waals surface area contributed by atoms with E-state index < -0.39 is 0 Å². The van der Waals surface area contributed by atoms with Crippen LogP contribution in [0.2, 0.25) is 5.02 Å². The molecule has 0 spiro atoms. The maximum absolute atomic E-state index is 6.10. The molecule has 3 aromatic heterocycles. The zero-order valence-corrected chi connectivity index (χ0v) is 19.6. The highest BCUT2D eigenvalue weighted by atomic mass is 35.5. The molecule has 0 aliphatic heterocycles. The van der Waals surface area contributed by atoms with Crippen LogP contribution in [-0.4, -0.2) is 31.3 Å². The van der Waals surface area contributed by atoms with Crippen LogP contribution in [0.15, 0.2) is 84.3 Å². The van der Waals surface area contributed by atoms with Crippen LogP contribution in [0.3, 0.4) is 0 Å². The number of aryl methyl sites for hydroxylation is 1.